The van der Waals surface area contributed by atoms with Crippen LogP contribution in [0, 0.1) is 0 Å². The van der Waals surface area contributed by atoms with Crippen molar-refractivity contribution in [2.75, 3.05) is 18.4 Å². The van der Waals surface area contributed by atoms with Crippen molar-refractivity contribution < 1.29 is 4.79 Å². The number of carbonyl (C=O) groups excluding carboxylic acids is 1. The lowest BCUT2D eigenvalue weighted by molar-refractivity contribution is 0.0779. The number of nitrogens with zero attached hydrogens (tertiary/aromatic N) is 5. The molecule has 5 rings (SSSR count). The summed E-state index contributed by atoms with van der Waals surface area (Å²) in [5.74, 6) is 1.89. The fourth-order valence-electron chi connectivity index (χ4n) is 4.05. The van der Waals surface area contributed by atoms with Crippen molar-refractivity contribution in [3.63, 3.8) is 0 Å². The number of rotatable bonds is 3. The van der Waals surface area contributed by atoms with E-state index in [0.717, 1.165) is 67.1 Å². The number of likely N-dealkylation sites (tertiary alicyclic amines) is 1. The maximum absolute atomic E-state index is 13.0. The van der Waals surface area contributed by atoms with Gasteiger partial charge in [0, 0.05) is 32.1 Å². The van der Waals surface area contributed by atoms with Crippen LogP contribution in [0.2, 0.25) is 0 Å². The zero-order valence-corrected chi connectivity index (χ0v) is 15.1. The smallest absolute Gasteiger partial charge is 0.272 e. The molecule has 0 aliphatic carbocycles. The number of hydrogen-bond acceptors (Lipinski definition) is 5. The van der Waals surface area contributed by atoms with E-state index < -0.39 is 0 Å². The third-order valence-corrected chi connectivity index (χ3v) is 5.47. The molecule has 3 aromatic rings. The maximum atomic E-state index is 13.0. The average Bonchev–Trinajstić information content (AvgIpc) is 3.34. The van der Waals surface area contributed by atoms with Gasteiger partial charge in [0.2, 0.25) is 0 Å². The second-order valence-corrected chi connectivity index (χ2v) is 7.29. The molecule has 1 fully saturated rings. The molecule has 1 amide bonds. The summed E-state index contributed by atoms with van der Waals surface area (Å²) in [6, 6.07) is 8.02. The first-order chi connectivity index (χ1) is 13.3. The lowest BCUT2D eigenvalue weighted by Crippen LogP contribution is -2.33. The van der Waals surface area contributed by atoms with Gasteiger partial charge in [-0.05, 0) is 31.4 Å². The molecule has 7 heteroatoms. The molecule has 1 aromatic carbocycles. The number of anilines is 1. The molecule has 0 spiro atoms. The van der Waals surface area contributed by atoms with Crippen LogP contribution in [0.15, 0.2) is 36.7 Å². The van der Waals surface area contributed by atoms with Crippen molar-refractivity contribution in [3.8, 4) is 0 Å². The van der Waals surface area contributed by atoms with E-state index in [1.54, 1.807) is 12.4 Å². The predicted molar refractivity (Wildman–Crippen MR) is 103 cm³/mol. The second-order valence-electron chi connectivity index (χ2n) is 7.29. The number of imidazole rings is 1. The number of benzene rings is 1. The summed E-state index contributed by atoms with van der Waals surface area (Å²) >= 11 is 0. The molecular weight excluding hydrogens is 340 g/mol. The van der Waals surface area contributed by atoms with Crippen molar-refractivity contribution in [2.24, 2.45) is 0 Å². The molecule has 0 radical (unpaired) electrons. The quantitative estimate of drug-likeness (QED) is 0.775. The summed E-state index contributed by atoms with van der Waals surface area (Å²) in [4.78, 5) is 28.4. The van der Waals surface area contributed by atoms with E-state index in [1.807, 2.05) is 29.2 Å². The molecule has 7 nitrogen and oxygen atoms in total. The standard InChI is InChI=1S/C20H22N6O/c27-20(17-11-22-19-7-3-4-9-26(17)19)25-10-8-14(13-25)23-18-12-21-15-5-1-2-6-16(15)24-18/h1-2,5-6,11-12,14H,3-4,7-10,13H2,(H,23,24)/t14-/m1/s1. The van der Waals surface area contributed by atoms with Crippen molar-refractivity contribution in [1.82, 2.24) is 24.4 Å². The van der Waals surface area contributed by atoms with Crippen LogP contribution < -0.4 is 5.32 Å². The SMILES string of the molecule is O=C(c1cnc2n1CCCC2)N1CC[C@@H](Nc2cnc3ccccc3n2)C1. The summed E-state index contributed by atoms with van der Waals surface area (Å²) in [7, 11) is 0. The summed E-state index contributed by atoms with van der Waals surface area (Å²) in [6.45, 7) is 2.32. The molecular formula is C20H22N6O. The van der Waals surface area contributed by atoms with Crippen LogP contribution >= 0.6 is 0 Å². The van der Waals surface area contributed by atoms with Crippen molar-refractivity contribution >= 4 is 22.8 Å². The fourth-order valence-corrected chi connectivity index (χ4v) is 4.05. The highest BCUT2D eigenvalue weighted by Gasteiger charge is 2.30. The van der Waals surface area contributed by atoms with E-state index in [-0.39, 0.29) is 11.9 Å². The lowest BCUT2D eigenvalue weighted by Gasteiger charge is -2.20. The van der Waals surface area contributed by atoms with Gasteiger partial charge in [-0.15, -0.1) is 0 Å². The van der Waals surface area contributed by atoms with E-state index in [9.17, 15) is 4.79 Å². The molecule has 2 aliphatic heterocycles. The second kappa shape index (κ2) is 6.64. The Morgan fingerprint density at radius 3 is 2.89 bits per heavy atom. The Labute approximate surface area is 157 Å². The molecule has 27 heavy (non-hydrogen) atoms. The first kappa shape index (κ1) is 16.2. The summed E-state index contributed by atoms with van der Waals surface area (Å²) in [5, 5.41) is 3.44. The zero-order valence-electron chi connectivity index (χ0n) is 15.1. The van der Waals surface area contributed by atoms with Crippen LogP contribution in [0.1, 0.15) is 35.6 Å². The van der Waals surface area contributed by atoms with Gasteiger partial charge in [-0.3, -0.25) is 9.78 Å². The normalized spacial score (nSPS) is 19.3. The highest BCUT2D eigenvalue weighted by molar-refractivity contribution is 5.92. The molecule has 0 unspecified atom stereocenters. The first-order valence-electron chi connectivity index (χ1n) is 9.60. The number of aryl methyl sites for hydroxylation is 1. The number of nitrogens with one attached hydrogen (secondary N) is 1. The van der Waals surface area contributed by atoms with Crippen LogP contribution in [0.3, 0.4) is 0 Å². The molecule has 0 saturated carbocycles. The number of hydrogen-bond donors (Lipinski definition) is 1. The van der Waals surface area contributed by atoms with Gasteiger partial charge < -0.3 is 14.8 Å². The van der Waals surface area contributed by atoms with Gasteiger partial charge in [0.05, 0.1) is 23.4 Å². The molecule has 1 saturated heterocycles. The Morgan fingerprint density at radius 1 is 1.07 bits per heavy atom. The Bertz CT molecular complexity index is 997. The minimum absolute atomic E-state index is 0.0875. The molecule has 2 aromatic heterocycles. The highest BCUT2D eigenvalue weighted by Crippen LogP contribution is 2.21. The maximum Gasteiger partial charge on any atom is 0.272 e. The van der Waals surface area contributed by atoms with E-state index in [2.05, 4.69) is 24.8 Å². The number of fused-ring (bicyclic) bond motifs is 2. The van der Waals surface area contributed by atoms with Gasteiger partial charge in [-0.2, -0.15) is 0 Å². The Morgan fingerprint density at radius 2 is 1.96 bits per heavy atom. The van der Waals surface area contributed by atoms with Gasteiger partial charge >= 0.3 is 0 Å². The highest BCUT2D eigenvalue weighted by atomic mass is 16.2. The van der Waals surface area contributed by atoms with Crippen LogP contribution in [0.25, 0.3) is 11.0 Å². The Kier molecular flexibility index (Phi) is 3.99. The van der Waals surface area contributed by atoms with E-state index in [1.165, 1.54) is 0 Å². The minimum Gasteiger partial charge on any atom is -0.364 e. The third kappa shape index (κ3) is 3.03. The summed E-state index contributed by atoms with van der Waals surface area (Å²) in [5.41, 5.74) is 2.49. The van der Waals surface area contributed by atoms with E-state index >= 15 is 0 Å². The minimum atomic E-state index is 0.0875. The van der Waals surface area contributed by atoms with Gasteiger partial charge in [-0.1, -0.05) is 12.1 Å². The topological polar surface area (TPSA) is 75.9 Å². The van der Waals surface area contributed by atoms with E-state index in [0.29, 0.717) is 6.54 Å². The molecule has 138 valence electrons. The zero-order chi connectivity index (χ0) is 18.2. The van der Waals surface area contributed by atoms with Gasteiger partial charge in [0.15, 0.2) is 0 Å². The van der Waals surface area contributed by atoms with Crippen LogP contribution in [0.5, 0.6) is 0 Å². The van der Waals surface area contributed by atoms with Crippen LogP contribution in [-0.4, -0.2) is 49.5 Å². The van der Waals surface area contributed by atoms with Crippen molar-refractivity contribution in [2.45, 2.75) is 38.3 Å². The van der Waals surface area contributed by atoms with Gasteiger partial charge in [-0.25, -0.2) is 9.97 Å². The van der Waals surface area contributed by atoms with Gasteiger partial charge in [0.25, 0.3) is 5.91 Å². The molecule has 0 bridgehead atoms. The number of aromatic nitrogens is 4. The van der Waals surface area contributed by atoms with Crippen molar-refractivity contribution in [3.05, 3.63) is 48.2 Å². The summed E-state index contributed by atoms with van der Waals surface area (Å²) < 4.78 is 2.10. The number of para-hydroxylation sites is 2. The summed E-state index contributed by atoms with van der Waals surface area (Å²) in [6.07, 6.45) is 7.67. The van der Waals surface area contributed by atoms with Crippen LogP contribution in [-0.2, 0) is 13.0 Å². The molecule has 2 aliphatic rings. The average molecular weight is 362 g/mol. The Balaban J connectivity index is 1.28. The lowest BCUT2D eigenvalue weighted by atomic mass is 10.1. The van der Waals surface area contributed by atoms with E-state index in [4.69, 9.17) is 0 Å². The van der Waals surface area contributed by atoms with Crippen LogP contribution in [0.4, 0.5) is 5.82 Å². The van der Waals surface area contributed by atoms with Gasteiger partial charge in [0.1, 0.15) is 17.3 Å². The van der Waals surface area contributed by atoms with Crippen molar-refractivity contribution in [1.29, 1.82) is 0 Å². The third-order valence-electron chi connectivity index (χ3n) is 5.47. The molecule has 4 heterocycles. The predicted octanol–water partition coefficient (Wildman–Crippen LogP) is 2.49. The fraction of sp³-hybridized carbons (Fsp3) is 0.400. The molecule has 1 N–H and O–H groups in total. The largest absolute Gasteiger partial charge is 0.364 e. The molecule has 1 atom stereocenters. The number of amides is 1. The monoisotopic (exact) mass is 362 g/mol. The Hall–Kier alpha value is -2.96. The number of carbonyl (C=O) groups is 1. The first-order valence-corrected chi connectivity index (χ1v) is 9.60.